The highest BCUT2D eigenvalue weighted by atomic mass is 16.5. The first-order valence-electron chi connectivity index (χ1n) is 8.98. The molecule has 7 heteroatoms. The summed E-state index contributed by atoms with van der Waals surface area (Å²) in [7, 11) is 0. The number of aryl methyl sites for hydroxylation is 1. The van der Waals surface area contributed by atoms with Crippen molar-refractivity contribution in [3.05, 3.63) is 65.2 Å². The van der Waals surface area contributed by atoms with E-state index in [9.17, 15) is 19.6 Å². The van der Waals surface area contributed by atoms with Gasteiger partial charge in [-0.3, -0.25) is 14.5 Å². The SMILES string of the molecule is Cc1ccc(/C=C(\C#N)C(=O)O[C@H](C)C(=O)N2CC(=O)Nc3ccccc32)cc1. The summed E-state index contributed by atoms with van der Waals surface area (Å²) < 4.78 is 5.21. The van der Waals surface area contributed by atoms with E-state index in [1.165, 1.54) is 17.9 Å². The average Bonchev–Trinajstić information content (AvgIpc) is 2.71. The largest absolute Gasteiger partial charge is 0.448 e. The van der Waals surface area contributed by atoms with Gasteiger partial charge in [0.2, 0.25) is 5.91 Å². The Kier molecular flexibility index (Phi) is 5.74. The van der Waals surface area contributed by atoms with Gasteiger partial charge in [-0.25, -0.2) is 4.79 Å². The smallest absolute Gasteiger partial charge is 0.349 e. The van der Waals surface area contributed by atoms with E-state index in [1.54, 1.807) is 36.4 Å². The molecule has 0 aliphatic carbocycles. The van der Waals surface area contributed by atoms with E-state index in [0.29, 0.717) is 16.9 Å². The van der Waals surface area contributed by atoms with Crippen molar-refractivity contribution >= 4 is 35.2 Å². The number of nitriles is 1. The minimum absolute atomic E-state index is 0.179. The van der Waals surface area contributed by atoms with Gasteiger partial charge in [0, 0.05) is 0 Å². The molecule has 0 unspecified atom stereocenters. The molecule has 3 rings (SSSR count). The number of anilines is 2. The van der Waals surface area contributed by atoms with Crippen LogP contribution in [0.25, 0.3) is 6.08 Å². The Hall–Kier alpha value is -3.92. The van der Waals surface area contributed by atoms with Gasteiger partial charge in [-0.2, -0.15) is 5.26 Å². The fourth-order valence-corrected chi connectivity index (χ4v) is 2.89. The van der Waals surface area contributed by atoms with Crippen molar-refractivity contribution in [3.63, 3.8) is 0 Å². The van der Waals surface area contributed by atoms with E-state index >= 15 is 0 Å². The molecule has 7 nitrogen and oxygen atoms in total. The molecule has 0 bridgehead atoms. The summed E-state index contributed by atoms with van der Waals surface area (Å²) >= 11 is 0. The number of ether oxygens (including phenoxy) is 1. The summed E-state index contributed by atoms with van der Waals surface area (Å²) in [6.07, 6.45) is 0.235. The van der Waals surface area contributed by atoms with Crippen molar-refractivity contribution in [2.24, 2.45) is 0 Å². The van der Waals surface area contributed by atoms with Gasteiger partial charge in [0.1, 0.15) is 18.2 Å². The van der Waals surface area contributed by atoms with E-state index in [1.807, 2.05) is 25.1 Å². The van der Waals surface area contributed by atoms with Crippen LogP contribution in [0.15, 0.2) is 54.1 Å². The monoisotopic (exact) mass is 389 g/mol. The van der Waals surface area contributed by atoms with Crippen molar-refractivity contribution in [3.8, 4) is 6.07 Å². The molecule has 1 aliphatic heterocycles. The van der Waals surface area contributed by atoms with Crippen molar-refractivity contribution in [1.82, 2.24) is 0 Å². The summed E-state index contributed by atoms with van der Waals surface area (Å²) in [6.45, 7) is 3.16. The van der Waals surface area contributed by atoms with Crippen LogP contribution >= 0.6 is 0 Å². The van der Waals surface area contributed by atoms with Crippen LogP contribution in [0.3, 0.4) is 0 Å². The maximum Gasteiger partial charge on any atom is 0.349 e. The molecule has 0 radical (unpaired) electrons. The molecule has 146 valence electrons. The minimum Gasteiger partial charge on any atom is -0.448 e. The molecular weight excluding hydrogens is 370 g/mol. The zero-order valence-electron chi connectivity index (χ0n) is 16.0. The number of esters is 1. The van der Waals surface area contributed by atoms with Crippen molar-refractivity contribution in [2.75, 3.05) is 16.8 Å². The third-order valence-corrected chi connectivity index (χ3v) is 4.40. The van der Waals surface area contributed by atoms with E-state index in [0.717, 1.165) is 5.56 Å². The zero-order chi connectivity index (χ0) is 21.0. The lowest BCUT2D eigenvalue weighted by molar-refractivity contribution is -0.149. The number of nitrogens with one attached hydrogen (secondary N) is 1. The van der Waals surface area contributed by atoms with Crippen molar-refractivity contribution < 1.29 is 19.1 Å². The Balaban J connectivity index is 1.75. The highest BCUT2D eigenvalue weighted by Crippen LogP contribution is 2.29. The van der Waals surface area contributed by atoms with Gasteiger partial charge in [-0.15, -0.1) is 0 Å². The van der Waals surface area contributed by atoms with Gasteiger partial charge >= 0.3 is 5.97 Å². The molecule has 0 aromatic heterocycles. The first-order valence-corrected chi connectivity index (χ1v) is 8.98. The molecule has 0 saturated carbocycles. The topological polar surface area (TPSA) is 99.5 Å². The molecule has 1 N–H and O–H groups in total. The lowest BCUT2D eigenvalue weighted by Gasteiger charge is -2.30. The van der Waals surface area contributed by atoms with Crippen LogP contribution < -0.4 is 10.2 Å². The van der Waals surface area contributed by atoms with Gasteiger partial charge in [-0.05, 0) is 37.6 Å². The number of amides is 2. The maximum absolute atomic E-state index is 12.8. The van der Waals surface area contributed by atoms with Crippen LogP contribution in [0.5, 0.6) is 0 Å². The fraction of sp³-hybridized carbons (Fsp3) is 0.182. The van der Waals surface area contributed by atoms with Crippen LogP contribution in [-0.2, 0) is 19.1 Å². The molecule has 29 heavy (non-hydrogen) atoms. The number of hydrogen-bond acceptors (Lipinski definition) is 5. The van der Waals surface area contributed by atoms with E-state index in [2.05, 4.69) is 5.32 Å². The number of para-hydroxylation sites is 2. The van der Waals surface area contributed by atoms with E-state index in [-0.39, 0.29) is 18.0 Å². The minimum atomic E-state index is -1.17. The quantitative estimate of drug-likeness (QED) is 0.492. The first-order chi connectivity index (χ1) is 13.9. The third-order valence-electron chi connectivity index (χ3n) is 4.40. The number of hydrogen-bond donors (Lipinski definition) is 1. The van der Waals surface area contributed by atoms with Gasteiger partial charge in [-0.1, -0.05) is 42.0 Å². The Labute approximate surface area is 168 Å². The lowest BCUT2D eigenvalue weighted by Crippen LogP contribution is -2.47. The molecule has 0 fully saturated rings. The van der Waals surface area contributed by atoms with Crippen LogP contribution in [0.1, 0.15) is 18.1 Å². The average molecular weight is 389 g/mol. The highest BCUT2D eigenvalue weighted by molar-refractivity contribution is 6.11. The van der Waals surface area contributed by atoms with Crippen molar-refractivity contribution in [2.45, 2.75) is 20.0 Å². The highest BCUT2D eigenvalue weighted by Gasteiger charge is 2.31. The summed E-state index contributed by atoms with van der Waals surface area (Å²) in [4.78, 5) is 38.4. The number of rotatable bonds is 4. The molecule has 0 saturated heterocycles. The molecule has 1 aliphatic rings. The number of fused-ring (bicyclic) bond motifs is 1. The van der Waals surface area contributed by atoms with Crippen LogP contribution in [0, 0.1) is 18.3 Å². The molecule has 1 heterocycles. The molecule has 2 aromatic carbocycles. The van der Waals surface area contributed by atoms with Gasteiger partial charge < -0.3 is 10.1 Å². The fourth-order valence-electron chi connectivity index (χ4n) is 2.89. The molecule has 2 amide bonds. The lowest BCUT2D eigenvalue weighted by atomic mass is 10.1. The maximum atomic E-state index is 12.8. The van der Waals surface area contributed by atoms with Crippen LogP contribution in [0.4, 0.5) is 11.4 Å². The Morgan fingerprint density at radius 1 is 1.21 bits per heavy atom. The zero-order valence-corrected chi connectivity index (χ0v) is 16.0. The normalized spacial score (nSPS) is 14.3. The summed E-state index contributed by atoms with van der Waals surface area (Å²) in [5.74, 6) is -1.79. The van der Waals surface area contributed by atoms with Crippen LogP contribution in [-0.4, -0.2) is 30.4 Å². The molecule has 0 spiro atoms. The van der Waals surface area contributed by atoms with Gasteiger partial charge in [0.15, 0.2) is 6.10 Å². The van der Waals surface area contributed by atoms with E-state index in [4.69, 9.17) is 4.74 Å². The summed E-state index contributed by atoms with van der Waals surface area (Å²) in [5, 5.41) is 12.0. The van der Waals surface area contributed by atoms with Crippen LogP contribution in [0.2, 0.25) is 0 Å². The Morgan fingerprint density at radius 3 is 2.59 bits per heavy atom. The summed E-state index contributed by atoms with van der Waals surface area (Å²) in [6, 6.07) is 15.9. The Bertz CT molecular complexity index is 1030. The predicted molar refractivity (Wildman–Crippen MR) is 108 cm³/mol. The second kappa shape index (κ2) is 8.40. The predicted octanol–water partition coefficient (Wildman–Crippen LogP) is 2.82. The second-order valence-electron chi connectivity index (χ2n) is 6.62. The first kappa shape index (κ1) is 19.8. The Morgan fingerprint density at radius 2 is 1.90 bits per heavy atom. The number of benzene rings is 2. The van der Waals surface area contributed by atoms with Gasteiger partial charge in [0.25, 0.3) is 5.91 Å². The van der Waals surface area contributed by atoms with Gasteiger partial charge in [0.05, 0.1) is 11.4 Å². The standard InChI is InChI=1S/C22H19N3O4/c1-14-7-9-16(10-8-14)11-17(12-23)22(28)29-15(2)21(27)25-13-20(26)24-18-5-3-4-6-19(18)25/h3-11,15H,13H2,1-2H3,(H,24,26)/b17-11+/t15-/m1/s1. The number of carbonyl (C=O) groups excluding carboxylic acids is 3. The second-order valence-corrected chi connectivity index (χ2v) is 6.62. The molecule has 1 atom stereocenters. The van der Waals surface area contributed by atoms with E-state index < -0.39 is 18.0 Å². The number of nitrogens with zero attached hydrogens (tertiary/aromatic N) is 2. The molecular formula is C22H19N3O4. The number of carbonyl (C=O) groups is 3. The third kappa shape index (κ3) is 4.50. The molecule has 2 aromatic rings. The summed E-state index contributed by atoms with van der Waals surface area (Å²) in [5.41, 5.74) is 2.53. The van der Waals surface area contributed by atoms with Crippen molar-refractivity contribution in [1.29, 1.82) is 5.26 Å².